The van der Waals surface area contributed by atoms with Crippen LogP contribution in [-0.4, -0.2) is 13.7 Å². The lowest BCUT2D eigenvalue weighted by molar-refractivity contribution is 0.180. The predicted molar refractivity (Wildman–Crippen MR) is 57.8 cm³/mol. The van der Waals surface area contributed by atoms with Gasteiger partial charge in [0.2, 0.25) is 0 Å². The molecule has 15 heavy (non-hydrogen) atoms. The molecule has 3 heteroatoms. The number of fused-ring (bicyclic) bond motifs is 1. The van der Waals surface area contributed by atoms with Crippen LogP contribution >= 0.6 is 0 Å². The minimum atomic E-state index is -1.26. The largest absolute Gasteiger partial charge is 0.496 e. The Bertz CT molecular complexity index is 363. The van der Waals surface area contributed by atoms with Crippen molar-refractivity contribution in [1.29, 1.82) is 0 Å². The molecule has 1 aliphatic heterocycles. The molecule has 0 saturated carbocycles. The summed E-state index contributed by atoms with van der Waals surface area (Å²) in [6.45, 7) is 3.02. The van der Waals surface area contributed by atoms with Crippen LogP contribution < -0.4 is 10.1 Å². The molecule has 1 aromatic rings. The Kier molecular flexibility index (Phi) is 2.65. The van der Waals surface area contributed by atoms with Crippen LogP contribution in [0.25, 0.3) is 0 Å². The Hall–Kier alpha value is -1.09. The monoisotopic (exact) mass is 209 g/mol. The lowest BCUT2D eigenvalue weighted by atomic mass is 9.91. The van der Waals surface area contributed by atoms with E-state index in [-0.39, 0.29) is 0 Å². The Balaban J connectivity index is 2.54. The summed E-state index contributed by atoms with van der Waals surface area (Å²) in [6, 6.07) is 5.58. The molecule has 0 aliphatic carbocycles. The van der Waals surface area contributed by atoms with Crippen molar-refractivity contribution >= 4 is 0 Å². The average molecular weight is 209 g/mol. The predicted octanol–water partition coefficient (Wildman–Crippen LogP) is 2.37. The maximum atomic E-state index is 14.3. The number of hydrogen-bond acceptors (Lipinski definition) is 2. The average Bonchev–Trinajstić information content (AvgIpc) is 2.38. The van der Waals surface area contributed by atoms with Gasteiger partial charge in [-0.1, -0.05) is 12.1 Å². The summed E-state index contributed by atoms with van der Waals surface area (Å²) in [5, 5.41) is 3.21. The molecule has 0 saturated heterocycles. The zero-order valence-electron chi connectivity index (χ0n) is 9.14. The van der Waals surface area contributed by atoms with E-state index in [0.717, 1.165) is 16.9 Å². The van der Waals surface area contributed by atoms with Crippen molar-refractivity contribution in [3.63, 3.8) is 0 Å². The van der Waals surface area contributed by atoms with E-state index < -0.39 is 5.67 Å². The van der Waals surface area contributed by atoms with Crippen LogP contribution in [0.3, 0.4) is 0 Å². The van der Waals surface area contributed by atoms with Gasteiger partial charge in [0.1, 0.15) is 11.4 Å². The lowest BCUT2D eigenvalue weighted by Crippen LogP contribution is -2.18. The van der Waals surface area contributed by atoms with Gasteiger partial charge < -0.3 is 10.1 Å². The van der Waals surface area contributed by atoms with Gasteiger partial charge in [-0.15, -0.1) is 0 Å². The number of ether oxygens (including phenoxy) is 1. The molecule has 0 aromatic heterocycles. The third-order valence-corrected chi connectivity index (χ3v) is 2.99. The van der Waals surface area contributed by atoms with Crippen LogP contribution in [0.1, 0.15) is 24.5 Å². The van der Waals surface area contributed by atoms with Gasteiger partial charge >= 0.3 is 0 Å². The van der Waals surface area contributed by atoms with Gasteiger partial charge in [-0.25, -0.2) is 4.39 Å². The van der Waals surface area contributed by atoms with Gasteiger partial charge in [-0.3, -0.25) is 0 Å². The summed E-state index contributed by atoms with van der Waals surface area (Å²) < 4.78 is 19.6. The summed E-state index contributed by atoms with van der Waals surface area (Å²) in [5.41, 5.74) is 0.447. The first-order chi connectivity index (χ1) is 7.15. The second kappa shape index (κ2) is 3.81. The van der Waals surface area contributed by atoms with Gasteiger partial charge in [0.25, 0.3) is 0 Å². The summed E-state index contributed by atoms with van der Waals surface area (Å²) in [6.07, 6.45) is 0.507. The van der Waals surface area contributed by atoms with Gasteiger partial charge in [0, 0.05) is 12.1 Å². The molecule has 2 rings (SSSR count). The number of halogens is 1. The number of methoxy groups -OCH3 is 1. The Morgan fingerprint density at radius 2 is 2.27 bits per heavy atom. The number of benzene rings is 1. The number of rotatable bonds is 1. The van der Waals surface area contributed by atoms with Crippen molar-refractivity contribution < 1.29 is 9.13 Å². The first kappa shape index (κ1) is 10.4. The second-order valence-corrected chi connectivity index (χ2v) is 4.11. The maximum Gasteiger partial charge on any atom is 0.134 e. The SMILES string of the molecule is COc1cccc2c1CNCCC2(C)F. The summed E-state index contributed by atoms with van der Waals surface area (Å²) in [7, 11) is 1.62. The highest BCUT2D eigenvalue weighted by atomic mass is 19.1. The van der Waals surface area contributed by atoms with Crippen molar-refractivity contribution in [2.45, 2.75) is 25.6 Å². The van der Waals surface area contributed by atoms with Crippen LogP contribution in [0.15, 0.2) is 18.2 Å². The van der Waals surface area contributed by atoms with Crippen LogP contribution in [0.2, 0.25) is 0 Å². The Labute approximate surface area is 89.4 Å². The molecule has 0 radical (unpaired) electrons. The minimum Gasteiger partial charge on any atom is -0.496 e. The molecule has 2 nitrogen and oxygen atoms in total. The second-order valence-electron chi connectivity index (χ2n) is 4.11. The van der Waals surface area contributed by atoms with Gasteiger partial charge in [0.15, 0.2) is 0 Å². The highest BCUT2D eigenvalue weighted by Crippen LogP contribution is 2.37. The smallest absolute Gasteiger partial charge is 0.134 e. The zero-order chi connectivity index (χ0) is 10.9. The molecule has 82 valence electrons. The molecule has 1 aromatic carbocycles. The normalized spacial score (nSPS) is 25.5. The molecule has 1 aliphatic rings. The number of hydrogen-bond donors (Lipinski definition) is 1. The molecule has 0 fully saturated rings. The third kappa shape index (κ3) is 1.84. The summed E-state index contributed by atoms with van der Waals surface area (Å²) in [4.78, 5) is 0. The maximum absolute atomic E-state index is 14.3. The molecule has 0 bridgehead atoms. The van der Waals surface area contributed by atoms with Crippen molar-refractivity contribution in [3.05, 3.63) is 29.3 Å². The molecule has 0 spiro atoms. The van der Waals surface area contributed by atoms with Gasteiger partial charge in [-0.05, 0) is 31.5 Å². The third-order valence-electron chi connectivity index (χ3n) is 2.99. The molecule has 1 heterocycles. The molecule has 0 amide bonds. The van der Waals surface area contributed by atoms with Crippen LogP contribution in [0, 0.1) is 0 Å². The van der Waals surface area contributed by atoms with Crippen molar-refractivity contribution in [1.82, 2.24) is 5.32 Å². The summed E-state index contributed by atoms with van der Waals surface area (Å²) in [5.74, 6) is 0.769. The van der Waals surface area contributed by atoms with Crippen LogP contribution in [-0.2, 0) is 12.2 Å². The molecule has 1 atom stereocenters. The van der Waals surface area contributed by atoms with E-state index in [2.05, 4.69) is 5.32 Å². The topological polar surface area (TPSA) is 21.3 Å². The van der Waals surface area contributed by atoms with Crippen LogP contribution in [0.5, 0.6) is 5.75 Å². The highest BCUT2D eigenvalue weighted by Gasteiger charge is 2.31. The van der Waals surface area contributed by atoms with Crippen molar-refractivity contribution in [2.75, 3.05) is 13.7 Å². The molecule has 1 N–H and O–H groups in total. The van der Waals surface area contributed by atoms with E-state index in [9.17, 15) is 4.39 Å². The number of alkyl halides is 1. The van der Waals surface area contributed by atoms with E-state index in [1.165, 1.54) is 0 Å². The fourth-order valence-corrected chi connectivity index (χ4v) is 2.10. The molecular weight excluding hydrogens is 193 g/mol. The number of nitrogens with one attached hydrogen (secondary N) is 1. The van der Waals surface area contributed by atoms with E-state index in [4.69, 9.17) is 4.74 Å². The van der Waals surface area contributed by atoms with Crippen molar-refractivity contribution in [2.24, 2.45) is 0 Å². The van der Waals surface area contributed by atoms with E-state index in [1.54, 1.807) is 14.0 Å². The van der Waals surface area contributed by atoms with E-state index >= 15 is 0 Å². The fourth-order valence-electron chi connectivity index (χ4n) is 2.10. The highest BCUT2D eigenvalue weighted by molar-refractivity contribution is 5.43. The molecular formula is C12H16FNO. The van der Waals surface area contributed by atoms with Gasteiger partial charge in [-0.2, -0.15) is 0 Å². The zero-order valence-corrected chi connectivity index (χ0v) is 9.14. The Morgan fingerprint density at radius 1 is 1.47 bits per heavy atom. The van der Waals surface area contributed by atoms with E-state index in [0.29, 0.717) is 19.5 Å². The quantitative estimate of drug-likeness (QED) is 0.766. The summed E-state index contributed by atoms with van der Waals surface area (Å²) >= 11 is 0. The van der Waals surface area contributed by atoms with Crippen LogP contribution in [0.4, 0.5) is 4.39 Å². The Morgan fingerprint density at radius 3 is 3.00 bits per heavy atom. The van der Waals surface area contributed by atoms with Crippen molar-refractivity contribution in [3.8, 4) is 5.75 Å². The first-order valence-corrected chi connectivity index (χ1v) is 5.21. The fraction of sp³-hybridized carbons (Fsp3) is 0.500. The van der Waals surface area contributed by atoms with E-state index in [1.807, 2.05) is 18.2 Å². The lowest BCUT2D eigenvalue weighted by Gasteiger charge is -2.21. The minimum absolute atomic E-state index is 0.507. The van der Waals surface area contributed by atoms with Gasteiger partial charge in [0.05, 0.1) is 7.11 Å². The molecule has 1 unspecified atom stereocenters. The standard InChI is InChI=1S/C12H16FNO/c1-12(13)6-7-14-8-9-10(12)4-3-5-11(9)15-2/h3-5,14H,6-8H2,1-2H3. The first-order valence-electron chi connectivity index (χ1n) is 5.21.